The van der Waals surface area contributed by atoms with Gasteiger partial charge in [-0.3, -0.25) is 4.79 Å². The summed E-state index contributed by atoms with van der Waals surface area (Å²) in [5.74, 6) is 2.91. The molecule has 5 rings (SSSR count). The molecule has 2 aliphatic heterocycles. The number of carbonyl (C=O) groups is 1. The number of para-hydroxylation sites is 1. The molecular weight excluding hydrogens is 356 g/mol. The molecule has 142 valence electrons. The van der Waals surface area contributed by atoms with Crippen molar-refractivity contribution < 1.29 is 4.79 Å². The van der Waals surface area contributed by atoms with Crippen LogP contribution >= 0.6 is 11.8 Å². The van der Waals surface area contributed by atoms with Gasteiger partial charge < -0.3 is 5.32 Å². The number of nitrogens with one attached hydrogen (secondary N) is 1. The van der Waals surface area contributed by atoms with Crippen LogP contribution < -0.4 is 5.32 Å². The number of amidine groups is 1. The first kappa shape index (κ1) is 17.3. The molecule has 0 aromatic heterocycles. The van der Waals surface area contributed by atoms with Gasteiger partial charge in [0, 0.05) is 24.2 Å². The van der Waals surface area contributed by atoms with E-state index in [1.807, 2.05) is 29.4 Å². The quantitative estimate of drug-likeness (QED) is 0.853. The third-order valence-electron chi connectivity index (χ3n) is 6.69. The van der Waals surface area contributed by atoms with Crippen LogP contribution in [0.15, 0.2) is 34.4 Å². The van der Waals surface area contributed by atoms with Gasteiger partial charge in [0.25, 0.3) is 0 Å². The maximum absolute atomic E-state index is 12.6. The zero-order valence-corrected chi connectivity index (χ0v) is 16.5. The molecule has 2 bridgehead atoms. The molecule has 5 atom stereocenters. The predicted molar refractivity (Wildman–Crippen MR) is 110 cm³/mol. The Morgan fingerprint density at radius 3 is 3.04 bits per heavy atom. The molecule has 1 N–H and O–H groups in total. The fourth-order valence-corrected chi connectivity index (χ4v) is 6.23. The zero-order chi connectivity index (χ0) is 18.4. The highest BCUT2D eigenvalue weighted by atomic mass is 32.2. The van der Waals surface area contributed by atoms with E-state index in [1.165, 1.54) is 43.0 Å². The molecule has 6 heteroatoms. The predicted octanol–water partition coefficient (Wildman–Crippen LogP) is 4.09. The van der Waals surface area contributed by atoms with E-state index in [1.54, 1.807) is 0 Å². The number of hydrogen-bond acceptors (Lipinski definition) is 5. The lowest BCUT2D eigenvalue weighted by molar-refractivity contribution is -0.119. The fraction of sp³-hybridized carbons (Fsp3) is 0.571. The lowest BCUT2D eigenvalue weighted by Gasteiger charge is -2.30. The molecule has 27 heavy (non-hydrogen) atoms. The summed E-state index contributed by atoms with van der Waals surface area (Å²) in [6.45, 7) is 2.18. The molecule has 1 aromatic rings. The number of hydrogen-bond donors (Lipinski definition) is 1. The lowest BCUT2D eigenvalue weighted by Crippen LogP contribution is -2.41. The van der Waals surface area contributed by atoms with Crippen molar-refractivity contribution in [2.24, 2.45) is 27.8 Å². The van der Waals surface area contributed by atoms with Gasteiger partial charge in [-0.2, -0.15) is 5.10 Å². The summed E-state index contributed by atoms with van der Waals surface area (Å²) in [6, 6.07) is 8.73. The minimum atomic E-state index is 0.108. The summed E-state index contributed by atoms with van der Waals surface area (Å²) in [4.78, 5) is 17.3. The fourth-order valence-electron chi connectivity index (χ4n) is 5.42. The average Bonchev–Trinajstić information content (AvgIpc) is 3.42. The van der Waals surface area contributed by atoms with Gasteiger partial charge in [0.2, 0.25) is 5.91 Å². The number of rotatable bonds is 4. The number of fused-ring (bicyclic) bond motifs is 5. The van der Waals surface area contributed by atoms with Crippen LogP contribution in [0.3, 0.4) is 0 Å². The van der Waals surface area contributed by atoms with Gasteiger partial charge in [-0.25, -0.2) is 10.0 Å². The summed E-state index contributed by atoms with van der Waals surface area (Å²) in [5.41, 5.74) is 2.22. The molecule has 0 saturated heterocycles. The Kier molecular flexibility index (Phi) is 4.46. The Bertz CT molecular complexity index is 807. The first-order valence-corrected chi connectivity index (χ1v) is 11.1. The van der Waals surface area contributed by atoms with Gasteiger partial charge in [-0.1, -0.05) is 36.4 Å². The minimum Gasteiger partial charge on any atom is -0.353 e. The number of hydrazone groups is 1. The second-order valence-corrected chi connectivity index (χ2v) is 9.27. The summed E-state index contributed by atoms with van der Waals surface area (Å²) in [7, 11) is 0. The summed E-state index contributed by atoms with van der Waals surface area (Å²) < 4.78 is 0. The third-order valence-corrected chi connectivity index (χ3v) is 7.64. The number of nitrogens with zero attached hydrogens (tertiary/aromatic N) is 3. The third kappa shape index (κ3) is 3.18. The summed E-state index contributed by atoms with van der Waals surface area (Å²) in [5, 5.41) is 10.5. The smallest absolute Gasteiger partial charge is 0.230 e. The number of aliphatic imine (C=N–C) groups is 1. The second-order valence-electron chi connectivity index (χ2n) is 8.33. The van der Waals surface area contributed by atoms with E-state index in [0.717, 1.165) is 29.1 Å². The Hall–Kier alpha value is -1.82. The molecule has 5 nitrogen and oxygen atoms in total. The first-order chi connectivity index (χ1) is 13.2. The standard InChI is InChI=1S/C21H26N4OS/c1-13(17-11-14-6-7-15(17)10-14)23-20(26)12-27-21-24-18-5-3-2-4-16(18)19-8-9-22-25(19)21/h2-5,9,13-15,17,19H,6-8,10-12H2,1H3,(H,23,26)/t13-,14-,15-,17-,19+/m0/s1. The van der Waals surface area contributed by atoms with E-state index in [0.29, 0.717) is 11.7 Å². The molecule has 0 radical (unpaired) electrons. The van der Waals surface area contributed by atoms with E-state index in [9.17, 15) is 4.79 Å². The van der Waals surface area contributed by atoms with Crippen molar-refractivity contribution in [2.45, 2.75) is 51.1 Å². The number of thioether (sulfide) groups is 1. The van der Waals surface area contributed by atoms with Crippen molar-refractivity contribution in [3.8, 4) is 0 Å². The van der Waals surface area contributed by atoms with Gasteiger partial charge in [0.05, 0.1) is 17.5 Å². The zero-order valence-electron chi connectivity index (χ0n) is 15.7. The monoisotopic (exact) mass is 382 g/mol. The highest BCUT2D eigenvalue weighted by molar-refractivity contribution is 8.14. The molecule has 2 saturated carbocycles. The second kappa shape index (κ2) is 6.97. The van der Waals surface area contributed by atoms with Crippen LogP contribution in [0.2, 0.25) is 0 Å². The van der Waals surface area contributed by atoms with Crippen LogP contribution in [-0.2, 0) is 4.79 Å². The Labute approximate surface area is 164 Å². The molecule has 4 aliphatic rings. The van der Waals surface area contributed by atoms with Crippen LogP contribution in [0.4, 0.5) is 5.69 Å². The van der Waals surface area contributed by atoms with Crippen molar-refractivity contribution in [1.29, 1.82) is 0 Å². The Morgan fingerprint density at radius 1 is 1.33 bits per heavy atom. The maximum atomic E-state index is 12.6. The largest absolute Gasteiger partial charge is 0.353 e. The normalized spacial score (nSPS) is 31.4. The van der Waals surface area contributed by atoms with E-state index >= 15 is 0 Å². The van der Waals surface area contributed by atoms with Crippen molar-refractivity contribution in [3.05, 3.63) is 29.8 Å². The van der Waals surface area contributed by atoms with Crippen molar-refractivity contribution >= 4 is 34.7 Å². The van der Waals surface area contributed by atoms with Gasteiger partial charge in [0.1, 0.15) is 0 Å². The van der Waals surface area contributed by atoms with E-state index < -0.39 is 0 Å². The van der Waals surface area contributed by atoms with Crippen LogP contribution in [0.5, 0.6) is 0 Å². The topological polar surface area (TPSA) is 57.1 Å². The molecule has 2 fully saturated rings. The van der Waals surface area contributed by atoms with Crippen molar-refractivity contribution in [2.75, 3.05) is 5.75 Å². The van der Waals surface area contributed by atoms with Gasteiger partial charge in [-0.15, -0.1) is 0 Å². The van der Waals surface area contributed by atoms with Crippen LogP contribution in [0.1, 0.15) is 50.6 Å². The number of carbonyl (C=O) groups excluding carboxylic acids is 1. The summed E-state index contributed by atoms with van der Waals surface area (Å²) >= 11 is 1.50. The molecule has 0 unspecified atom stereocenters. The van der Waals surface area contributed by atoms with Crippen LogP contribution in [-0.4, -0.2) is 34.1 Å². The molecule has 2 heterocycles. The number of benzene rings is 1. The molecule has 0 spiro atoms. The number of amides is 1. The molecule has 1 aromatic carbocycles. The van der Waals surface area contributed by atoms with E-state index in [2.05, 4.69) is 23.4 Å². The maximum Gasteiger partial charge on any atom is 0.230 e. The van der Waals surface area contributed by atoms with Crippen LogP contribution in [0.25, 0.3) is 0 Å². The van der Waals surface area contributed by atoms with Gasteiger partial charge in [0.15, 0.2) is 5.17 Å². The summed E-state index contributed by atoms with van der Waals surface area (Å²) in [6.07, 6.45) is 8.27. The molecule has 2 aliphatic carbocycles. The van der Waals surface area contributed by atoms with E-state index in [-0.39, 0.29) is 18.0 Å². The minimum absolute atomic E-state index is 0.108. The molecule has 1 amide bonds. The van der Waals surface area contributed by atoms with Gasteiger partial charge in [-0.05, 0) is 50.0 Å². The van der Waals surface area contributed by atoms with E-state index in [4.69, 9.17) is 4.99 Å². The Morgan fingerprint density at radius 2 is 2.22 bits per heavy atom. The average molecular weight is 383 g/mol. The molecular formula is C21H26N4OS. The van der Waals surface area contributed by atoms with Crippen LogP contribution in [0, 0.1) is 17.8 Å². The van der Waals surface area contributed by atoms with Crippen molar-refractivity contribution in [1.82, 2.24) is 10.3 Å². The SMILES string of the molecule is C[C@H](NC(=O)CSC1=Nc2ccccc2[C@H]2CC=NN12)[C@@H]1C[C@H]2CC[C@H]1C2. The highest BCUT2D eigenvalue weighted by Gasteiger charge is 2.42. The van der Waals surface area contributed by atoms with Gasteiger partial charge >= 0.3 is 0 Å². The first-order valence-electron chi connectivity index (χ1n) is 10.1. The highest BCUT2D eigenvalue weighted by Crippen LogP contribution is 2.49. The Balaban J connectivity index is 1.21. The van der Waals surface area contributed by atoms with Crippen molar-refractivity contribution in [3.63, 3.8) is 0 Å². The lowest BCUT2D eigenvalue weighted by atomic mass is 9.84.